The molecule has 18 heteroatoms. The van der Waals surface area contributed by atoms with Crippen LogP contribution < -0.4 is 5.32 Å². The maximum Gasteiger partial charge on any atom is 0.334 e. The molecule has 308 valence electrons. The molecule has 56 heavy (non-hydrogen) atoms. The van der Waals surface area contributed by atoms with Crippen LogP contribution in [0.2, 0.25) is 0 Å². The first kappa shape index (κ1) is 38.3. The number of cyclic esters (lactones) is 1. The Balaban J connectivity index is 0.774. The van der Waals surface area contributed by atoms with Crippen molar-refractivity contribution >= 4 is 29.7 Å². The van der Waals surface area contributed by atoms with Crippen molar-refractivity contribution in [3.8, 4) is 0 Å². The first-order chi connectivity index (χ1) is 26.6. The number of carbonyl (C=O) groups excluding carboxylic acids is 5. The molecule has 18 nitrogen and oxygen atoms in total. The predicted octanol–water partition coefficient (Wildman–Crippen LogP) is -2.20. The topological polar surface area (TPSA) is 250 Å². The zero-order valence-electron chi connectivity index (χ0n) is 31.7. The Hall–Kier alpha value is -3.23. The van der Waals surface area contributed by atoms with Gasteiger partial charge in [0.25, 0.3) is 0 Å². The number of hydrogen-bond acceptors (Lipinski definition) is 15. The highest BCUT2D eigenvalue weighted by molar-refractivity contribution is 5.92. The highest BCUT2D eigenvalue weighted by Crippen LogP contribution is 2.83. The van der Waals surface area contributed by atoms with Gasteiger partial charge in [-0.25, -0.2) is 4.79 Å². The molecule has 2 spiro atoms. The molecule has 0 radical (unpaired) electrons. The fraction of sp³-hybridized carbons (Fsp3) is 0.816. The second-order valence-corrected chi connectivity index (χ2v) is 17.5. The number of hydrogen-bond donors (Lipinski definition) is 5. The van der Waals surface area contributed by atoms with E-state index >= 15 is 0 Å². The van der Waals surface area contributed by atoms with Gasteiger partial charge in [0.2, 0.25) is 17.7 Å². The molecule has 14 atom stereocenters. The van der Waals surface area contributed by atoms with Gasteiger partial charge in [-0.2, -0.15) is 0 Å². The number of piperazine rings is 1. The second kappa shape index (κ2) is 13.1. The number of rotatable bonds is 10. The molecule has 6 heterocycles. The third-order valence-corrected chi connectivity index (χ3v) is 14.6. The number of nitrogens with zero attached hydrogens (tertiary/aromatic N) is 2. The number of aliphatic hydroxyl groups excluding tert-OH is 4. The van der Waals surface area contributed by atoms with Gasteiger partial charge in [0.15, 0.2) is 18.0 Å². The molecule has 9 rings (SSSR count). The molecule has 2 saturated carbocycles. The van der Waals surface area contributed by atoms with Crippen LogP contribution in [-0.4, -0.2) is 171 Å². The summed E-state index contributed by atoms with van der Waals surface area (Å²) in [6.45, 7) is 6.92. The summed E-state index contributed by atoms with van der Waals surface area (Å²) in [6, 6.07) is -1.35. The number of epoxide rings is 3. The van der Waals surface area contributed by atoms with Crippen molar-refractivity contribution in [3.05, 3.63) is 11.1 Å². The van der Waals surface area contributed by atoms with E-state index in [1.165, 1.54) is 0 Å². The normalized spacial score (nSPS) is 45.3. The van der Waals surface area contributed by atoms with Crippen LogP contribution >= 0.6 is 0 Å². The number of aliphatic hydroxyl groups is 4. The highest BCUT2D eigenvalue weighted by Gasteiger charge is 3.01. The van der Waals surface area contributed by atoms with E-state index in [9.17, 15) is 44.4 Å². The molecule has 0 aromatic carbocycles. The molecule has 0 aromatic heterocycles. The molecular formula is C38H51N3O15. The van der Waals surface area contributed by atoms with Crippen LogP contribution in [-0.2, 0) is 52.4 Å². The zero-order chi connectivity index (χ0) is 39.7. The lowest BCUT2D eigenvalue weighted by Crippen LogP contribution is -2.70. The third-order valence-electron chi connectivity index (χ3n) is 14.6. The molecule has 0 aromatic rings. The fourth-order valence-electron chi connectivity index (χ4n) is 11.5. The maximum atomic E-state index is 13.7. The molecular weight excluding hydrogens is 738 g/mol. The van der Waals surface area contributed by atoms with Gasteiger partial charge < -0.3 is 64.0 Å². The molecule has 3 amide bonds. The van der Waals surface area contributed by atoms with Crippen LogP contribution in [0.25, 0.3) is 0 Å². The largest absolute Gasteiger partial charge is 0.458 e. The van der Waals surface area contributed by atoms with E-state index in [1.54, 1.807) is 9.80 Å². The van der Waals surface area contributed by atoms with Crippen molar-refractivity contribution in [2.75, 3.05) is 39.4 Å². The number of esters is 2. The van der Waals surface area contributed by atoms with Crippen LogP contribution in [0, 0.1) is 17.3 Å². The minimum absolute atomic E-state index is 0.00406. The summed E-state index contributed by atoms with van der Waals surface area (Å²) in [5.74, 6) is -1.94. The molecule has 0 bridgehead atoms. The van der Waals surface area contributed by atoms with Crippen molar-refractivity contribution in [2.45, 2.75) is 138 Å². The molecule has 3 aliphatic carbocycles. The zero-order valence-corrected chi connectivity index (χ0v) is 31.7. The first-order valence-electron chi connectivity index (χ1n) is 19.9. The summed E-state index contributed by atoms with van der Waals surface area (Å²) in [5.41, 5.74) is -0.940. The van der Waals surface area contributed by atoms with E-state index in [2.05, 4.69) is 12.2 Å². The Morgan fingerprint density at radius 1 is 0.929 bits per heavy atom. The highest BCUT2D eigenvalue weighted by atomic mass is 16.8. The number of fused-ring (bicyclic) bond motifs is 4. The Bertz CT molecular complexity index is 1750. The Labute approximate surface area is 322 Å². The van der Waals surface area contributed by atoms with Gasteiger partial charge in [-0.1, -0.05) is 20.8 Å². The lowest BCUT2D eigenvalue weighted by molar-refractivity contribution is -0.253. The van der Waals surface area contributed by atoms with Crippen LogP contribution in [0.1, 0.15) is 65.7 Å². The van der Waals surface area contributed by atoms with E-state index < -0.39 is 72.0 Å². The van der Waals surface area contributed by atoms with Gasteiger partial charge in [0.05, 0.1) is 19.1 Å². The van der Waals surface area contributed by atoms with Gasteiger partial charge in [-0.15, -0.1) is 0 Å². The maximum absolute atomic E-state index is 13.7. The van der Waals surface area contributed by atoms with Crippen LogP contribution in [0.15, 0.2) is 11.1 Å². The van der Waals surface area contributed by atoms with E-state index in [-0.39, 0.29) is 112 Å². The summed E-state index contributed by atoms with van der Waals surface area (Å²) in [5, 5.41) is 42.0. The van der Waals surface area contributed by atoms with Gasteiger partial charge in [-0.3, -0.25) is 19.2 Å². The standard InChI is InChI=1S/C38H51N3O15/c1-17(2)36-30(55-36)31-38(56-31)35(3)9-8-18-19(16-51-32(18)49)20(35)14-22-37(38,54-22)34(36)53-26(46)7-6-25(45)41-12-10-40(11-13-41)24(44)5-4-23(43)39-27-29(48)28(47)21(15-42)52-33(27)50/h17,20-22,27-31,33-34,42,47-48,50H,4-16H2,1-3H3,(H,39,43)/t20-,21-,22-,27-,28-,29-,30-,31-,33?,34+,35-,36?,37+,38+/m0/s1. The van der Waals surface area contributed by atoms with Gasteiger partial charge >= 0.3 is 11.9 Å². The first-order valence-corrected chi connectivity index (χ1v) is 19.9. The Morgan fingerprint density at radius 3 is 2.27 bits per heavy atom. The van der Waals surface area contributed by atoms with Crippen LogP contribution in [0.5, 0.6) is 0 Å². The quantitative estimate of drug-likeness (QED) is 0.116. The van der Waals surface area contributed by atoms with E-state index in [0.717, 1.165) is 17.6 Å². The predicted molar refractivity (Wildman–Crippen MR) is 185 cm³/mol. The monoisotopic (exact) mass is 789 g/mol. The Kier molecular flexibility index (Phi) is 8.99. The molecule has 5 N–H and O–H groups in total. The number of carbonyl (C=O) groups is 5. The van der Waals surface area contributed by atoms with Gasteiger partial charge in [0.1, 0.15) is 54.4 Å². The summed E-state index contributed by atoms with van der Waals surface area (Å²) in [6.07, 6.45) is -6.11. The number of nitrogens with one attached hydrogen (secondary N) is 1. The third kappa shape index (κ3) is 5.25. The van der Waals surface area contributed by atoms with E-state index in [0.29, 0.717) is 12.8 Å². The summed E-state index contributed by atoms with van der Waals surface area (Å²) >= 11 is 0. The SMILES string of the molecule is CC(C)C12O[C@H]1[C@@H]1O[C@]13[C@]1(O[C@H]1C[C@H]1C4=C(CC[C@@]13C)C(=O)OC4)[C@@H]2OC(=O)CCC(=O)N1CCN(C(=O)CCC(=O)N[C@@H]2C(O)O[C@@H](CO)[C@H](O)[C@H]2O)CC1. The number of ether oxygens (including phenoxy) is 6. The Morgan fingerprint density at radius 2 is 1.61 bits per heavy atom. The second-order valence-electron chi connectivity index (χ2n) is 17.5. The average Bonchev–Trinajstić information content (AvgIpc) is 4.11. The molecule has 9 aliphatic rings. The lowest BCUT2D eigenvalue weighted by Gasteiger charge is -2.53. The van der Waals surface area contributed by atoms with Gasteiger partial charge in [0, 0.05) is 56.4 Å². The van der Waals surface area contributed by atoms with Crippen LogP contribution in [0.4, 0.5) is 0 Å². The van der Waals surface area contributed by atoms with Gasteiger partial charge in [-0.05, 0) is 36.7 Å². The van der Waals surface area contributed by atoms with E-state index in [1.807, 2.05) is 13.8 Å². The summed E-state index contributed by atoms with van der Waals surface area (Å²) < 4.78 is 36.8. The fourth-order valence-corrected chi connectivity index (χ4v) is 11.5. The van der Waals surface area contributed by atoms with Crippen molar-refractivity contribution in [1.82, 2.24) is 15.1 Å². The molecule has 5 saturated heterocycles. The average molecular weight is 790 g/mol. The van der Waals surface area contributed by atoms with Crippen LogP contribution in [0.3, 0.4) is 0 Å². The number of amides is 3. The molecule has 7 fully saturated rings. The van der Waals surface area contributed by atoms with Crippen molar-refractivity contribution in [3.63, 3.8) is 0 Å². The summed E-state index contributed by atoms with van der Waals surface area (Å²) in [4.78, 5) is 68.0. The van der Waals surface area contributed by atoms with E-state index in [4.69, 9.17) is 28.4 Å². The van der Waals surface area contributed by atoms with Crippen molar-refractivity contribution in [2.24, 2.45) is 17.3 Å². The van der Waals surface area contributed by atoms with Crippen molar-refractivity contribution < 1.29 is 72.8 Å². The molecule has 2 unspecified atom stereocenters. The smallest absolute Gasteiger partial charge is 0.334 e. The minimum atomic E-state index is -1.66. The summed E-state index contributed by atoms with van der Waals surface area (Å²) in [7, 11) is 0. The minimum Gasteiger partial charge on any atom is -0.458 e. The van der Waals surface area contributed by atoms with Crippen molar-refractivity contribution in [1.29, 1.82) is 0 Å². The molecule has 6 aliphatic heterocycles. The lowest BCUT2D eigenvalue weighted by atomic mass is 9.46.